The van der Waals surface area contributed by atoms with Crippen molar-refractivity contribution < 1.29 is 4.79 Å². The summed E-state index contributed by atoms with van der Waals surface area (Å²) in [6, 6.07) is 11.9. The molecule has 0 atom stereocenters. The maximum absolute atomic E-state index is 12.7. The average molecular weight is 422 g/mol. The van der Waals surface area contributed by atoms with E-state index in [1.165, 1.54) is 6.08 Å². The van der Waals surface area contributed by atoms with E-state index in [1.54, 1.807) is 24.5 Å². The molecule has 1 amide bonds. The van der Waals surface area contributed by atoms with Gasteiger partial charge in [0, 0.05) is 54.5 Å². The molecule has 158 valence electrons. The van der Waals surface area contributed by atoms with E-state index in [4.69, 9.17) is 5.26 Å². The van der Waals surface area contributed by atoms with Crippen LogP contribution in [0.25, 0.3) is 16.3 Å². The van der Waals surface area contributed by atoms with Crippen molar-refractivity contribution in [3.05, 3.63) is 96.6 Å². The molecule has 3 heterocycles. The number of aromatic nitrogens is 2. The Kier molecular flexibility index (Phi) is 6.09. The second-order valence-electron chi connectivity index (χ2n) is 7.68. The number of likely N-dealkylation sites (tertiary alicyclic amines) is 1. The van der Waals surface area contributed by atoms with Crippen LogP contribution in [-0.2, 0) is 0 Å². The Bertz CT molecular complexity index is 1260. The van der Waals surface area contributed by atoms with Crippen LogP contribution in [0.5, 0.6) is 0 Å². The summed E-state index contributed by atoms with van der Waals surface area (Å²) in [4.78, 5) is 23.0. The van der Waals surface area contributed by atoms with Crippen LogP contribution in [0.3, 0.4) is 0 Å². The molecule has 3 aromatic rings. The lowest BCUT2D eigenvalue weighted by molar-refractivity contribution is 0.0625. The largest absolute Gasteiger partial charge is 0.378 e. The van der Waals surface area contributed by atoms with Gasteiger partial charge in [-0.2, -0.15) is 5.26 Å². The van der Waals surface area contributed by atoms with Gasteiger partial charge in [0.05, 0.1) is 17.7 Å². The standard InChI is InChI=1S/C26H23N5O/c1-3-5-19(6-4-10-27)22-12-20-9-11-28-15-24(20)25(13-22)30-23-16-31(17-23)26(32)21-8-7-18(2)29-14-21/h3-9,11-15,23,30H,1,16-17H2,2H3/b6-4+,19-5+. The minimum atomic E-state index is -0.00586. The first-order valence-electron chi connectivity index (χ1n) is 10.3. The van der Waals surface area contributed by atoms with Crippen molar-refractivity contribution in [3.63, 3.8) is 0 Å². The molecule has 4 rings (SSSR count). The van der Waals surface area contributed by atoms with Gasteiger partial charge >= 0.3 is 0 Å². The number of nitriles is 1. The Hall–Kier alpha value is -4.24. The summed E-state index contributed by atoms with van der Waals surface area (Å²) in [5.41, 5.74) is 4.30. The number of nitrogens with one attached hydrogen (secondary N) is 1. The first-order chi connectivity index (χ1) is 15.6. The van der Waals surface area contributed by atoms with E-state index in [-0.39, 0.29) is 11.9 Å². The maximum atomic E-state index is 12.7. The zero-order valence-corrected chi connectivity index (χ0v) is 17.8. The lowest BCUT2D eigenvalue weighted by Gasteiger charge is -2.40. The van der Waals surface area contributed by atoms with Gasteiger partial charge in [0.25, 0.3) is 5.91 Å². The Labute approximate surface area is 187 Å². The Morgan fingerprint density at radius 2 is 2.09 bits per heavy atom. The van der Waals surface area contributed by atoms with E-state index in [1.807, 2.05) is 48.4 Å². The number of aryl methyl sites for hydroxylation is 1. The summed E-state index contributed by atoms with van der Waals surface area (Å²) in [5, 5.41) is 14.5. The Morgan fingerprint density at radius 3 is 2.81 bits per heavy atom. The summed E-state index contributed by atoms with van der Waals surface area (Å²) in [7, 11) is 0. The first-order valence-corrected chi connectivity index (χ1v) is 10.3. The predicted molar refractivity (Wildman–Crippen MR) is 127 cm³/mol. The summed E-state index contributed by atoms with van der Waals surface area (Å²) in [6.07, 6.45) is 12.0. The molecule has 1 aliphatic heterocycles. The van der Waals surface area contributed by atoms with E-state index < -0.39 is 0 Å². The molecule has 0 saturated carbocycles. The van der Waals surface area contributed by atoms with Gasteiger partial charge in [0.1, 0.15) is 0 Å². The summed E-state index contributed by atoms with van der Waals surface area (Å²) in [6.45, 7) is 6.91. The van der Waals surface area contributed by atoms with Crippen LogP contribution in [0.2, 0.25) is 0 Å². The number of fused-ring (bicyclic) bond motifs is 1. The fourth-order valence-corrected chi connectivity index (χ4v) is 3.72. The number of benzene rings is 1. The minimum Gasteiger partial charge on any atom is -0.378 e. The number of allylic oxidation sites excluding steroid dienone is 5. The molecule has 0 bridgehead atoms. The number of anilines is 1. The van der Waals surface area contributed by atoms with Crippen LogP contribution < -0.4 is 5.32 Å². The van der Waals surface area contributed by atoms with Crippen molar-refractivity contribution in [2.75, 3.05) is 18.4 Å². The molecule has 0 unspecified atom stereocenters. The molecular formula is C26H23N5O. The molecule has 2 aromatic heterocycles. The molecule has 6 heteroatoms. The molecule has 1 N–H and O–H groups in total. The minimum absolute atomic E-state index is 0.00586. The number of pyridine rings is 2. The highest BCUT2D eigenvalue weighted by Gasteiger charge is 2.31. The molecule has 1 aliphatic rings. The van der Waals surface area contributed by atoms with Gasteiger partial charge in [-0.3, -0.25) is 14.8 Å². The maximum Gasteiger partial charge on any atom is 0.255 e. The third kappa shape index (κ3) is 4.42. The van der Waals surface area contributed by atoms with Crippen molar-refractivity contribution in [3.8, 4) is 6.07 Å². The molecule has 6 nitrogen and oxygen atoms in total. The van der Waals surface area contributed by atoms with Crippen molar-refractivity contribution in [1.82, 2.24) is 14.9 Å². The molecule has 0 radical (unpaired) electrons. The van der Waals surface area contributed by atoms with Crippen molar-refractivity contribution >= 4 is 27.9 Å². The quantitative estimate of drug-likeness (QED) is 0.467. The fraction of sp³-hybridized carbons (Fsp3) is 0.154. The zero-order valence-electron chi connectivity index (χ0n) is 17.8. The third-order valence-electron chi connectivity index (χ3n) is 5.41. The van der Waals surface area contributed by atoms with Gasteiger partial charge in [0.2, 0.25) is 0 Å². The van der Waals surface area contributed by atoms with Gasteiger partial charge in [-0.1, -0.05) is 18.7 Å². The topological polar surface area (TPSA) is 81.9 Å². The molecule has 1 saturated heterocycles. The van der Waals surface area contributed by atoms with Crippen LogP contribution in [0.4, 0.5) is 5.69 Å². The summed E-state index contributed by atoms with van der Waals surface area (Å²) in [5.74, 6) is -0.00586. The lowest BCUT2D eigenvalue weighted by Crippen LogP contribution is -2.57. The number of nitrogens with zero attached hydrogens (tertiary/aromatic N) is 4. The van der Waals surface area contributed by atoms with Crippen LogP contribution in [0, 0.1) is 18.3 Å². The van der Waals surface area contributed by atoms with E-state index in [2.05, 4.69) is 34.0 Å². The Morgan fingerprint density at radius 1 is 1.25 bits per heavy atom. The Balaban J connectivity index is 1.55. The molecule has 0 spiro atoms. The number of hydrogen-bond donors (Lipinski definition) is 1. The smallest absolute Gasteiger partial charge is 0.255 e. The first kappa shape index (κ1) is 21.0. The van der Waals surface area contributed by atoms with Gasteiger partial charge in [-0.25, -0.2) is 0 Å². The van der Waals surface area contributed by atoms with Gasteiger partial charge in [-0.05, 0) is 59.9 Å². The van der Waals surface area contributed by atoms with E-state index in [0.717, 1.165) is 33.3 Å². The number of rotatable bonds is 6. The summed E-state index contributed by atoms with van der Waals surface area (Å²) >= 11 is 0. The average Bonchev–Trinajstić information content (AvgIpc) is 2.78. The van der Waals surface area contributed by atoms with Crippen molar-refractivity contribution in [2.24, 2.45) is 0 Å². The molecule has 0 aliphatic carbocycles. The van der Waals surface area contributed by atoms with E-state index in [0.29, 0.717) is 18.7 Å². The van der Waals surface area contributed by atoms with Gasteiger partial charge in [0.15, 0.2) is 0 Å². The fourth-order valence-electron chi connectivity index (χ4n) is 3.72. The second kappa shape index (κ2) is 9.27. The van der Waals surface area contributed by atoms with Crippen LogP contribution in [0.1, 0.15) is 21.6 Å². The van der Waals surface area contributed by atoms with Crippen molar-refractivity contribution in [1.29, 1.82) is 5.26 Å². The number of carbonyl (C=O) groups is 1. The molecular weight excluding hydrogens is 398 g/mol. The second-order valence-corrected chi connectivity index (χ2v) is 7.68. The zero-order chi connectivity index (χ0) is 22.5. The van der Waals surface area contributed by atoms with E-state index in [9.17, 15) is 4.79 Å². The third-order valence-corrected chi connectivity index (χ3v) is 5.41. The molecule has 1 fully saturated rings. The SMILES string of the molecule is C=C/C=C(\C=C\C#N)c1cc(NC2CN(C(=O)c3ccc(C)nc3)C2)c2cnccc2c1. The van der Waals surface area contributed by atoms with E-state index >= 15 is 0 Å². The number of amides is 1. The van der Waals surface area contributed by atoms with Gasteiger partial charge in [-0.15, -0.1) is 0 Å². The summed E-state index contributed by atoms with van der Waals surface area (Å²) < 4.78 is 0. The lowest BCUT2D eigenvalue weighted by atomic mass is 9.98. The molecule has 32 heavy (non-hydrogen) atoms. The van der Waals surface area contributed by atoms with Crippen LogP contribution >= 0.6 is 0 Å². The van der Waals surface area contributed by atoms with Crippen LogP contribution in [-0.4, -0.2) is 39.9 Å². The highest BCUT2D eigenvalue weighted by molar-refractivity contribution is 5.98. The number of hydrogen-bond acceptors (Lipinski definition) is 5. The van der Waals surface area contributed by atoms with Crippen molar-refractivity contribution in [2.45, 2.75) is 13.0 Å². The number of carbonyl (C=O) groups excluding carboxylic acids is 1. The molecule has 1 aromatic carbocycles. The predicted octanol–water partition coefficient (Wildman–Crippen LogP) is 4.52. The highest BCUT2D eigenvalue weighted by Crippen LogP contribution is 2.30. The highest BCUT2D eigenvalue weighted by atomic mass is 16.2. The monoisotopic (exact) mass is 421 g/mol. The normalized spacial score (nSPS) is 14.2. The van der Waals surface area contributed by atoms with Gasteiger partial charge < -0.3 is 10.2 Å². The van der Waals surface area contributed by atoms with Crippen LogP contribution in [0.15, 0.2) is 79.8 Å².